The molecule has 11 nitrogen and oxygen atoms in total. The number of morpholine rings is 1. The normalized spacial score (nSPS) is 15.1. The number of ether oxygens (including phenoxy) is 2. The van der Waals surface area contributed by atoms with Gasteiger partial charge in [0.25, 0.3) is 0 Å². The van der Waals surface area contributed by atoms with Crippen LogP contribution in [0.5, 0.6) is 0 Å². The maximum atomic E-state index is 12.0. The second-order valence-electron chi connectivity index (χ2n) is 7.47. The maximum Gasteiger partial charge on any atom is 0.353 e. The number of aromatic nitrogens is 2. The van der Waals surface area contributed by atoms with Crippen LogP contribution in [0.15, 0.2) is 6.33 Å². The average Bonchev–Trinajstić information content (AvgIpc) is 2.60. The summed E-state index contributed by atoms with van der Waals surface area (Å²) in [4.78, 5) is 34.8. The minimum Gasteiger partial charge on any atom is -0.459 e. The Kier molecular flexibility index (Phi) is 7.46. The molecule has 2 heterocycles. The van der Waals surface area contributed by atoms with E-state index in [2.05, 4.69) is 20.2 Å². The zero-order valence-corrected chi connectivity index (χ0v) is 16.8. The van der Waals surface area contributed by atoms with Crippen molar-refractivity contribution in [3.8, 4) is 0 Å². The quantitative estimate of drug-likeness (QED) is 0.385. The highest BCUT2D eigenvalue weighted by Gasteiger charge is 2.27. The highest BCUT2D eigenvalue weighted by atomic mass is 16.6. The van der Waals surface area contributed by atoms with Gasteiger partial charge in [0.15, 0.2) is 0 Å². The van der Waals surface area contributed by atoms with E-state index < -0.39 is 16.5 Å². The molecule has 0 bridgehead atoms. The predicted molar refractivity (Wildman–Crippen MR) is 104 cm³/mol. The number of esters is 1. The third kappa shape index (κ3) is 6.57. The molecule has 1 aliphatic heterocycles. The van der Waals surface area contributed by atoms with Crippen molar-refractivity contribution in [1.82, 2.24) is 14.9 Å². The lowest BCUT2D eigenvalue weighted by atomic mass is 10.2. The van der Waals surface area contributed by atoms with Crippen LogP contribution in [0.2, 0.25) is 0 Å². The first-order chi connectivity index (χ1) is 13.2. The van der Waals surface area contributed by atoms with Gasteiger partial charge >= 0.3 is 11.7 Å². The van der Waals surface area contributed by atoms with Crippen molar-refractivity contribution in [3.63, 3.8) is 0 Å². The Hall–Kier alpha value is -2.53. The number of carbonyl (C=O) groups excluding carboxylic acids is 1. The van der Waals surface area contributed by atoms with E-state index in [1.807, 2.05) is 0 Å². The van der Waals surface area contributed by atoms with E-state index >= 15 is 0 Å². The Bertz CT molecular complexity index is 687. The van der Waals surface area contributed by atoms with Gasteiger partial charge in [-0.1, -0.05) is 0 Å². The predicted octanol–water partition coefficient (Wildman–Crippen LogP) is 0.907. The fourth-order valence-electron chi connectivity index (χ4n) is 2.75. The molecule has 0 atom stereocenters. The monoisotopic (exact) mass is 396 g/mol. The van der Waals surface area contributed by atoms with E-state index in [0.717, 1.165) is 13.1 Å². The Labute approximate surface area is 164 Å². The lowest BCUT2D eigenvalue weighted by molar-refractivity contribution is -0.383. The van der Waals surface area contributed by atoms with Crippen LogP contribution >= 0.6 is 0 Å². The molecule has 11 heteroatoms. The number of nitro groups is 1. The van der Waals surface area contributed by atoms with E-state index in [9.17, 15) is 14.9 Å². The fraction of sp³-hybridized carbons (Fsp3) is 0.706. The number of anilines is 2. The maximum absolute atomic E-state index is 12.0. The van der Waals surface area contributed by atoms with Crippen molar-refractivity contribution in [3.05, 3.63) is 16.4 Å². The van der Waals surface area contributed by atoms with E-state index in [1.54, 1.807) is 27.8 Å². The Morgan fingerprint density at radius 1 is 1.39 bits per heavy atom. The van der Waals surface area contributed by atoms with Gasteiger partial charge in [0.05, 0.1) is 18.1 Å². The molecule has 2 rings (SSSR count). The summed E-state index contributed by atoms with van der Waals surface area (Å²) in [5.41, 5.74) is -0.905. The SMILES string of the molecule is CN(CC(=O)OC(C)(C)C)c1ncnc(NCCN2CCOCC2)c1[N+](=O)[O-]. The molecule has 0 aromatic carbocycles. The van der Waals surface area contributed by atoms with Gasteiger partial charge in [0.1, 0.15) is 18.5 Å². The van der Waals surface area contributed by atoms with Crippen LogP contribution in [0.25, 0.3) is 0 Å². The summed E-state index contributed by atoms with van der Waals surface area (Å²) in [6.45, 7) is 9.36. The molecule has 1 saturated heterocycles. The summed E-state index contributed by atoms with van der Waals surface area (Å²) in [5, 5.41) is 14.7. The highest BCUT2D eigenvalue weighted by molar-refractivity contribution is 5.78. The van der Waals surface area contributed by atoms with E-state index in [1.165, 1.54) is 11.2 Å². The number of nitrogens with one attached hydrogen (secondary N) is 1. The van der Waals surface area contributed by atoms with Gasteiger partial charge in [-0.05, 0) is 20.8 Å². The molecule has 0 unspecified atom stereocenters. The molecule has 156 valence electrons. The molecule has 0 spiro atoms. The molecule has 0 saturated carbocycles. The molecular formula is C17H28N6O5. The number of hydrogen-bond donors (Lipinski definition) is 1. The van der Waals surface area contributed by atoms with Gasteiger partial charge in [-0.15, -0.1) is 0 Å². The Balaban J connectivity index is 2.06. The van der Waals surface area contributed by atoms with Crippen molar-refractivity contribution in [2.45, 2.75) is 26.4 Å². The van der Waals surface area contributed by atoms with Crippen LogP contribution in [0.1, 0.15) is 20.8 Å². The molecule has 0 radical (unpaired) electrons. The minimum absolute atomic E-state index is 0.0553. The van der Waals surface area contributed by atoms with Gasteiger partial charge in [0, 0.05) is 33.2 Å². The van der Waals surface area contributed by atoms with Gasteiger partial charge < -0.3 is 19.7 Å². The molecule has 1 N–H and O–H groups in total. The van der Waals surface area contributed by atoms with Crippen LogP contribution in [-0.4, -0.2) is 84.3 Å². The highest BCUT2D eigenvalue weighted by Crippen LogP contribution is 2.31. The first kappa shape index (κ1) is 21.8. The van der Waals surface area contributed by atoms with Gasteiger partial charge in [0.2, 0.25) is 11.6 Å². The van der Waals surface area contributed by atoms with Crippen molar-refractivity contribution in [2.24, 2.45) is 0 Å². The first-order valence-corrected chi connectivity index (χ1v) is 9.13. The second kappa shape index (κ2) is 9.60. The van der Waals surface area contributed by atoms with Crippen LogP contribution in [-0.2, 0) is 14.3 Å². The zero-order valence-electron chi connectivity index (χ0n) is 16.8. The summed E-state index contributed by atoms with van der Waals surface area (Å²) in [7, 11) is 1.55. The Morgan fingerprint density at radius 2 is 2.07 bits per heavy atom. The second-order valence-corrected chi connectivity index (χ2v) is 7.47. The molecule has 0 aliphatic carbocycles. The molecule has 28 heavy (non-hydrogen) atoms. The van der Waals surface area contributed by atoms with Crippen molar-refractivity contribution < 1.29 is 19.2 Å². The number of carbonyl (C=O) groups is 1. The lowest BCUT2D eigenvalue weighted by Crippen LogP contribution is -2.39. The molecule has 1 aliphatic rings. The van der Waals surface area contributed by atoms with E-state index in [4.69, 9.17) is 9.47 Å². The number of rotatable bonds is 8. The molecule has 0 amide bonds. The van der Waals surface area contributed by atoms with Crippen molar-refractivity contribution in [2.75, 3.05) is 63.2 Å². The van der Waals surface area contributed by atoms with Crippen molar-refractivity contribution >= 4 is 23.3 Å². The average molecular weight is 396 g/mol. The zero-order chi connectivity index (χ0) is 20.7. The number of hydrogen-bond acceptors (Lipinski definition) is 10. The summed E-state index contributed by atoms with van der Waals surface area (Å²) < 4.78 is 10.6. The van der Waals surface area contributed by atoms with E-state index in [0.29, 0.717) is 26.3 Å². The summed E-state index contributed by atoms with van der Waals surface area (Å²) >= 11 is 0. The van der Waals surface area contributed by atoms with Crippen LogP contribution in [0.4, 0.5) is 17.3 Å². The molecule has 1 fully saturated rings. The molecular weight excluding hydrogens is 368 g/mol. The third-order valence-electron chi connectivity index (χ3n) is 3.96. The van der Waals surface area contributed by atoms with Crippen molar-refractivity contribution in [1.29, 1.82) is 0 Å². The largest absolute Gasteiger partial charge is 0.459 e. The topological polar surface area (TPSA) is 123 Å². The summed E-state index contributed by atoms with van der Waals surface area (Å²) in [6.07, 6.45) is 1.24. The Morgan fingerprint density at radius 3 is 2.68 bits per heavy atom. The third-order valence-corrected chi connectivity index (χ3v) is 3.96. The number of likely N-dealkylation sites (N-methyl/N-ethyl adjacent to an activating group) is 1. The van der Waals surface area contributed by atoms with Crippen LogP contribution in [0.3, 0.4) is 0 Å². The van der Waals surface area contributed by atoms with Gasteiger partial charge in [-0.25, -0.2) is 9.97 Å². The minimum atomic E-state index is -0.637. The standard InChI is InChI=1S/C17H28N6O5/c1-17(2,3)28-13(24)11-21(4)16-14(23(25)26)15(19-12-20-16)18-5-6-22-7-9-27-10-8-22/h12H,5-11H2,1-4H3,(H,18,19,20). The van der Waals surface area contributed by atoms with Gasteiger partial charge in [-0.2, -0.15) is 0 Å². The molecule has 1 aromatic rings. The fourth-order valence-corrected chi connectivity index (χ4v) is 2.75. The summed E-state index contributed by atoms with van der Waals surface area (Å²) in [5.74, 6) is -0.316. The van der Waals surface area contributed by atoms with E-state index in [-0.39, 0.29) is 23.9 Å². The van der Waals surface area contributed by atoms with Gasteiger partial charge in [-0.3, -0.25) is 19.8 Å². The lowest BCUT2D eigenvalue weighted by Gasteiger charge is -2.26. The smallest absolute Gasteiger partial charge is 0.353 e. The number of nitrogens with zero attached hydrogens (tertiary/aromatic N) is 5. The first-order valence-electron chi connectivity index (χ1n) is 9.13. The molecule has 1 aromatic heterocycles. The van der Waals surface area contributed by atoms with Crippen LogP contribution in [0, 0.1) is 10.1 Å². The summed E-state index contributed by atoms with van der Waals surface area (Å²) in [6, 6.07) is 0. The van der Waals surface area contributed by atoms with Crippen LogP contribution < -0.4 is 10.2 Å².